The van der Waals surface area contributed by atoms with Gasteiger partial charge in [0.2, 0.25) is 5.91 Å². The topological polar surface area (TPSA) is 85.0 Å². The Bertz CT molecular complexity index is 472. The van der Waals surface area contributed by atoms with Crippen LogP contribution in [0.1, 0.15) is 6.92 Å². The summed E-state index contributed by atoms with van der Waals surface area (Å²) >= 11 is 0. The molecule has 1 aromatic rings. The summed E-state index contributed by atoms with van der Waals surface area (Å²) in [5.74, 6) is 1.07. The summed E-state index contributed by atoms with van der Waals surface area (Å²) < 4.78 is 11.0. The van der Waals surface area contributed by atoms with Gasteiger partial charge in [-0.1, -0.05) is 12.1 Å². The van der Waals surface area contributed by atoms with E-state index in [0.717, 1.165) is 0 Å². The molecule has 0 unspecified atom stereocenters. The summed E-state index contributed by atoms with van der Waals surface area (Å²) in [4.78, 5) is 13.4. The van der Waals surface area contributed by atoms with Crippen molar-refractivity contribution in [1.82, 2.24) is 4.90 Å². The maximum atomic E-state index is 11.8. The van der Waals surface area contributed by atoms with Crippen LogP contribution in [0.2, 0.25) is 0 Å². The average molecular weight is 280 g/mol. The van der Waals surface area contributed by atoms with E-state index in [1.807, 2.05) is 24.3 Å². The first-order valence-electron chi connectivity index (χ1n) is 6.55. The first-order chi connectivity index (χ1) is 9.52. The molecule has 0 bridgehead atoms. The number of amides is 1. The molecule has 2 rings (SSSR count). The van der Waals surface area contributed by atoms with Gasteiger partial charge in [-0.2, -0.15) is 0 Å². The predicted octanol–water partition coefficient (Wildman–Crippen LogP) is -0.00710. The number of hydrogen-bond acceptors (Lipinski definition) is 5. The number of benzene rings is 1. The van der Waals surface area contributed by atoms with Gasteiger partial charge in [-0.25, -0.2) is 0 Å². The van der Waals surface area contributed by atoms with Crippen LogP contribution in [0.25, 0.3) is 0 Å². The van der Waals surface area contributed by atoms with Crippen molar-refractivity contribution in [1.29, 1.82) is 0 Å². The number of para-hydroxylation sites is 2. The van der Waals surface area contributed by atoms with E-state index < -0.39 is 12.1 Å². The van der Waals surface area contributed by atoms with Crippen LogP contribution in [-0.2, 0) is 4.79 Å². The molecule has 0 spiro atoms. The summed E-state index contributed by atoms with van der Waals surface area (Å²) in [6.45, 7) is 2.44. The van der Waals surface area contributed by atoms with E-state index >= 15 is 0 Å². The fourth-order valence-corrected chi connectivity index (χ4v) is 2.01. The molecule has 0 saturated carbocycles. The second-order valence-corrected chi connectivity index (χ2v) is 4.90. The van der Waals surface area contributed by atoms with E-state index in [1.165, 1.54) is 6.92 Å². The first-order valence-corrected chi connectivity index (χ1v) is 6.55. The van der Waals surface area contributed by atoms with E-state index in [1.54, 1.807) is 12.0 Å². The molecule has 1 aromatic carbocycles. The lowest BCUT2D eigenvalue weighted by Gasteiger charge is -2.40. The van der Waals surface area contributed by atoms with Crippen LogP contribution in [-0.4, -0.2) is 54.4 Å². The number of carbonyl (C=O) groups excluding carboxylic acids is 1. The lowest BCUT2D eigenvalue weighted by molar-refractivity contribution is -0.143. The highest BCUT2D eigenvalue weighted by molar-refractivity contribution is 5.83. The summed E-state index contributed by atoms with van der Waals surface area (Å²) in [7, 11) is 1.58. The van der Waals surface area contributed by atoms with Crippen molar-refractivity contribution in [2.24, 2.45) is 5.73 Å². The molecule has 1 aliphatic rings. The minimum atomic E-state index is -0.873. The van der Waals surface area contributed by atoms with Gasteiger partial charge in [-0.05, 0) is 19.1 Å². The van der Waals surface area contributed by atoms with Crippen LogP contribution in [0.4, 0.5) is 0 Å². The average Bonchev–Trinajstić information content (AvgIpc) is 2.41. The molecule has 6 heteroatoms. The molecule has 1 aliphatic heterocycles. The highest BCUT2D eigenvalue weighted by Gasteiger charge is 2.36. The quantitative estimate of drug-likeness (QED) is 0.792. The van der Waals surface area contributed by atoms with Gasteiger partial charge < -0.3 is 25.2 Å². The molecule has 1 fully saturated rings. The van der Waals surface area contributed by atoms with Gasteiger partial charge in [0.15, 0.2) is 11.5 Å². The standard InChI is InChI=1S/C14H20N2O4/c1-9(17)13(15)14(18)16-7-10(8-16)20-12-6-4-3-5-11(12)19-2/h3-6,9-10,13,17H,7-8,15H2,1-2H3/t9-,13+/m1/s1. The van der Waals surface area contributed by atoms with Gasteiger partial charge in [-0.3, -0.25) is 4.79 Å². The third-order valence-electron chi connectivity index (χ3n) is 3.33. The number of aliphatic hydroxyl groups is 1. The highest BCUT2D eigenvalue weighted by Crippen LogP contribution is 2.28. The summed E-state index contributed by atoms with van der Waals surface area (Å²) in [5, 5.41) is 9.31. The molecule has 110 valence electrons. The maximum absolute atomic E-state index is 11.8. The minimum Gasteiger partial charge on any atom is -0.493 e. The number of aliphatic hydroxyl groups excluding tert-OH is 1. The molecule has 1 heterocycles. The molecule has 1 amide bonds. The van der Waals surface area contributed by atoms with E-state index in [0.29, 0.717) is 24.6 Å². The number of carbonyl (C=O) groups is 1. The highest BCUT2D eigenvalue weighted by atomic mass is 16.5. The Morgan fingerprint density at radius 3 is 2.55 bits per heavy atom. The van der Waals surface area contributed by atoms with Gasteiger partial charge in [0.1, 0.15) is 12.1 Å². The van der Waals surface area contributed by atoms with Crippen LogP contribution < -0.4 is 15.2 Å². The van der Waals surface area contributed by atoms with Crippen molar-refractivity contribution < 1.29 is 19.4 Å². The number of nitrogens with two attached hydrogens (primary N) is 1. The summed E-state index contributed by atoms with van der Waals surface area (Å²) in [6, 6.07) is 6.50. The Morgan fingerprint density at radius 1 is 1.40 bits per heavy atom. The third-order valence-corrected chi connectivity index (χ3v) is 3.33. The Balaban J connectivity index is 1.86. The Hall–Kier alpha value is -1.79. The number of nitrogens with zero attached hydrogens (tertiary/aromatic N) is 1. The number of hydrogen-bond donors (Lipinski definition) is 2. The zero-order valence-electron chi connectivity index (χ0n) is 11.7. The summed E-state index contributed by atoms with van der Waals surface area (Å²) in [5.41, 5.74) is 5.61. The zero-order chi connectivity index (χ0) is 14.7. The number of rotatable bonds is 5. The van der Waals surface area contributed by atoms with Gasteiger partial charge in [-0.15, -0.1) is 0 Å². The molecule has 1 saturated heterocycles. The monoisotopic (exact) mass is 280 g/mol. The second-order valence-electron chi connectivity index (χ2n) is 4.90. The Labute approximate surface area is 118 Å². The molecule has 0 aromatic heterocycles. The smallest absolute Gasteiger partial charge is 0.242 e. The van der Waals surface area contributed by atoms with Crippen molar-refractivity contribution in [3.05, 3.63) is 24.3 Å². The van der Waals surface area contributed by atoms with E-state index in [9.17, 15) is 9.90 Å². The molecule has 20 heavy (non-hydrogen) atoms. The van der Waals surface area contributed by atoms with Crippen LogP contribution in [0.5, 0.6) is 11.5 Å². The minimum absolute atomic E-state index is 0.0727. The largest absolute Gasteiger partial charge is 0.493 e. The molecule has 2 atom stereocenters. The predicted molar refractivity (Wildman–Crippen MR) is 73.6 cm³/mol. The lowest BCUT2D eigenvalue weighted by atomic mass is 10.1. The van der Waals surface area contributed by atoms with E-state index in [-0.39, 0.29) is 12.0 Å². The first kappa shape index (κ1) is 14.6. The normalized spacial score (nSPS) is 18.1. The van der Waals surface area contributed by atoms with Crippen molar-refractivity contribution in [3.8, 4) is 11.5 Å². The van der Waals surface area contributed by atoms with Crippen LogP contribution >= 0.6 is 0 Å². The van der Waals surface area contributed by atoms with E-state index in [4.69, 9.17) is 15.2 Å². The molecular weight excluding hydrogens is 260 g/mol. The Morgan fingerprint density at radius 2 is 2.00 bits per heavy atom. The van der Waals surface area contributed by atoms with E-state index in [2.05, 4.69) is 0 Å². The zero-order valence-corrected chi connectivity index (χ0v) is 11.7. The number of likely N-dealkylation sites (tertiary alicyclic amines) is 1. The number of ether oxygens (including phenoxy) is 2. The molecule has 0 aliphatic carbocycles. The molecule has 6 nitrogen and oxygen atoms in total. The van der Waals surface area contributed by atoms with Crippen molar-refractivity contribution in [3.63, 3.8) is 0 Å². The van der Waals surface area contributed by atoms with Crippen molar-refractivity contribution in [2.45, 2.75) is 25.2 Å². The van der Waals surface area contributed by atoms with Crippen molar-refractivity contribution in [2.75, 3.05) is 20.2 Å². The summed E-state index contributed by atoms with van der Waals surface area (Å²) in [6.07, 6.45) is -0.923. The fourth-order valence-electron chi connectivity index (χ4n) is 2.01. The second kappa shape index (κ2) is 6.11. The van der Waals surface area contributed by atoms with Gasteiger partial charge >= 0.3 is 0 Å². The van der Waals surface area contributed by atoms with Gasteiger partial charge in [0.05, 0.1) is 26.3 Å². The Kier molecular flexibility index (Phi) is 4.46. The maximum Gasteiger partial charge on any atom is 0.242 e. The molecule has 0 radical (unpaired) electrons. The van der Waals surface area contributed by atoms with Gasteiger partial charge in [0.25, 0.3) is 0 Å². The molecule has 3 N–H and O–H groups in total. The van der Waals surface area contributed by atoms with Crippen LogP contribution in [0.15, 0.2) is 24.3 Å². The van der Waals surface area contributed by atoms with Gasteiger partial charge in [0, 0.05) is 0 Å². The van der Waals surface area contributed by atoms with Crippen LogP contribution in [0.3, 0.4) is 0 Å². The molecular formula is C14H20N2O4. The fraction of sp³-hybridized carbons (Fsp3) is 0.500. The number of methoxy groups -OCH3 is 1. The van der Waals surface area contributed by atoms with Crippen molar-refractivity contribution >= 4 is 5.91 Å². The van der Waals surface area contributed by atoms with Crippen LogP contribution in [0, 0.1) is 0 Å². The lowest BCUT2D eigenvalue weighted by Crippen LogP contribution is -2.61. The third kappa shape index (κ3) is 3.02. The SMILES string of the molecule is COc1ccccc1OC1CN(C(=O)[C@@H](N)[C@@H](C)O)C1.